The Morgan fingerprint density at radius 1 is 0.852 bits per heavy atom. The van der Waals surface area contributed by atoms with Gasteiger partial charge in [-0.05, 0) is 37.3 Å². The SMILES string of the molecule is C/C=C\CCCC(C(=O)OCc1ccccc1)C(=O)OCc1ccccc1. The molecule has 2 aromatic carbocycles. The summed E-state index contributed by atoms with van der Waals surface area (Å²) in [6, 6.07) is 18.8. The lowest BCUT2D eigenvalue weighted by molar-refractivity contribution is -0.164. The Bertz CT molecular complexity index is 667. The highest BCUT2D eigenvalue weighted by Gasteiger charge is 2.29. The van der Waals surface area contributed by atoms with Gasteiger partial charge in [0.1, 0.15) is 13.2 Å². The summed E-state index contributed by atoms with van der Waals surface area (Å²) in [6.07, 6.45) is 5.91. The van der Waals surface area contributed by atoms with Crippen LogP contribution in [0.25, 0.3) is 0 Å². The standard InChI is InChI=1S/C23H26O4/c1-2-3-4-11-16-21(22(24)26-17-19-12-7-5-8-13-19)23(25)27-18-20-14-9-6-10-15-20/h2-3,5-10,12-15,21H,4,11,16-18H2,1H3/b3-2-. The van der Waals surface area contributed by atoms with Gasteiger partial charge in [0.2, 0.25) is 0 Å². The first-order chi connectivity index (χ1) is 13.2. The van der Waals surface area contributed by atoms with Crippen LogP contribution in [0, 0.1) is 5.92 Å². The van der Waals surface area contributed by atoms with Gasteiger partial charge in [-0.25, -0.2) is 0 Å². The van der Waals surface area contributed by atoms with Crippen LogP contribution in [0.4, 0.5) is 0 Å². The Morgan fingerprint density at radius 2 is 1.33 bits per heavy atom. The van der Waals surface area contributed by atoms with Crippen LogP contribution in [0.3, 0.4) is 0 Å². The third-order valence-electron chi connectivity index (χ3n) is 4.12. The van der Waals surface area contributed by atoms with Crippen molar-refractivity contribution in [3.8, 4) is 0 Å². The molecular formula is C23H26O4. The minimum Gasteiger partial charge on any atom is -0.460 e. The first-order valence-electron chi connectivity index (χ1n) is 9.23. The molecule has 0 aliphatic carbocycles. The molecule has 0 N–H and O–H groups in total. The molecule has 0 aromatic heterocycles. The number of carbonyl (C=O) groups is 2. The molecule has 2 aromatic rings. The molecule has 4 heteroatoms. The first kappa shape index (κ1) is 20.4. The van der Waals surface area contributed by atoms with Crippen molar-refractivity contribution in [3.63, 3.8) is 0 Å². The summed E-state index contributed by atoms with van der Waals surface area (Å²) in [6.45, 7) is 2.24. The lowest BCUT2D eigenvalue weighted by Crippen LogP contribution is -2.28. The number of unbranched alkanes of at least 4 members (excludes halogenated alkanes) is 1. The molecule has 2 rings (SSSR count). The van der Waals surface area contributed by atoms with Crippen LogP contribution in [0.5, 0.6) is 0 Å². The van der Waals surface area contributed by atoms with Crippen molar-refractivity contribution in [3.05, 3.63) is 83.9 Å². The number of hydrogen-bond acceptors (Lipinski definition) is 4. The largest absolute Gasteiger partial charge is 0.460 e. The number of benzene rings is 2. The third-order valence-corrected chi connectivity index (χ3v) is 4.12. The molecular weight excluding hydrogens is 340 g/mol. The van der Waals surface area contributed by atoms with Crippen molar-refractivity contribution < 1.29 is 19.1 Å². The van der Waals surface area contributed by atoms with Crippen LogP contribution in [-0.4, -0.2) is 11.9 Å². The summed E-state index contributed by atoms with van der Waals surface area (Å²) >= 11 is 0. The van der Waals surface area contributed by atoms with Gasteiger partial charge in [0, 0.05) is 0 Å². The van der Waals surface area contributed by atoms with Gasteiger partial charge in [-0.15, -0.1) is 0 Å². The molecule has 27 heavy (non-hydrogen) atoms. The summed E-state index contributed by atoms with van der Waals surface area (Å²) < 4.78 is 10.7. The van der Waals surface area contributed by atoms with Gasteiger partial charge in [-0.2, -0.15) is 0 Å². The molecule has 4 nitrogen and oxygen atoms in total. The number of ether oxygens (including phenoxy) is 2. The van der Waals surface area contributed by atoms with Gasteiger partial charge in [0.15, 0.2) is 5.92 Å². The van der Waals surface area contributed by atoms with E-state index in [1.807, 2.05) is 79.7 Å². The lowest BCUT2D eigenvalue weighted by atomic mass is 10.0. The average Bonchev–Trinajstić information content (AvgIpc) is 2.72. The van der Waals surface area contributed by atoms with E-state index in [2.05, 4.69) is 0 Å². The van der Waals surface area contributed by atoms with Crippen molar-refractivity contribution in [2.75, 3.05) is 0 Å². The van der Waals surface area contributed by atoms with Crippen molar-refractivity contribution in [2.45, 2.75) is 39.4 Å². The van der Waals surface area contributed by atoms with Crippen LogP contribution in [-0.2, 0) is 32.3 Å². The molecule has 0 saturated carbocycles. The Hall–Kier alpha value is -2.88. The molecule has 0 saturated heterocycles. The minimum absolute atomic E-state index is 0.150. The smallest absolute Gasteiger partial charge is 0.320 e. The summed E-state index contributed by atoms with van der Waals surface area (Å²) in [7, 11) is 0. The zero-order chi connectivity index (χ0) is 19.3. The number of rotatable bonds is 10. The fraction of sp³-hybridized carbons (Fsp3) is 0.304. The molecule has 0 radical (unpaired) electrons. The molecule has 0 atom stereocenters. The minimum atomic E-state index is -0.900. The highest BCUT2D eigenvalue weighted by atomic mass is 16.6. The maximum Gasteiger partial charge on any atom is 0.320 e. The molecule has 0 unspecified atom stereocenters. The van der Waals surface area contributed by atoms with E-state index in [0.717, 1.165) is 24.0 Å². The van der Waals surface area contributed by atoms with Crippen LogP contribution in [0.1, 0.15) is 37.3 Å². The van der Waals surface area contributed by atoms with Gasteiger partial charge in [-0.3, -0.25) is 9.59 Å². The molecule has 0 amide bonds. The third kappa shape index (κ3) is 7.48. The molecule has 0 spiro atoms. The molecule has 0 heterocycles. The van der Waals surface area contributed by atoms with Gasteiger partial charge >= 0.3 is 11.9 Å². The molecule has 0 aliphatic heterocycles. The highest BCUT2D eigenvalue weighted by molar-refractivity contribution is 5.94. The fourth-order valence-electron chi connectivity index (χ4n) is 2.60. The number of esters is 2. The number of carbonyl (C=O) groups excluding carboxylic acids is 2. The van der Waals surface area contributed by atoms with Gasteiger partial charge in [-0.1, -0.05) is 72.8 Å². The van der Waals surface area contributed by atoms with E-state index in [-0.39, 0.29) is 13.2 Å². The lowest BCUT2D eigenvalue weighted by Gasteiger charge is -2.15. The number of hydrogen-bond donors (Lipinski definition) is 0. The van der Waals surface area contributed by atoms with E-state index in [9.17, 15) is 9.59 Å². The van der Waals surface area contributed by atoms with Gasteiger partial charge in [0.25, 0.3) is 0 Å². The predicted molar refractivity (Wildman–Crippen MR) is 105 cm³/mol. The Labute approximate surface area is 160 Å². The molecule has 0 bridgehead atoms. The zero-order valence-corrected chi connectivity index (χ0v) is 15.7. The van der Waals surface area contributed by atoms with Gasteiger partial charge in [0.05, 0.1) is 0 Å². The summed E-state index contributed by atoms with van der Waals surface area (Å²) in [5, 5.41) is 0. The van der Waals surface area contributed by atoms with Gasteiger partial charge < -0.3 is 9.47 Å². The van der Waals surface area contributed by atoms with Crippen LogP contribution >= 0.6 is 0 Å². The second-order valence-electron chi connectivity index (χ2n) is 6.24. The number of allylic oxidation sites excluding steroid dienone is 2. The monoisotopic (exact) mass is 366 g/mol. The Morgan fingerprint density at radius 3 is 1.78 bits per heavy atom. The quantitative estimate of drug-likeness (QED) is 0.261. The van der Waals surface area contributed by atoms with E-state index in [4.69, 9.17) is 9.47 Å². The predicted octanol–water partition coefficient (Wildman–Crippen LogP) is 4.84. The van der Waals surface area contributed by atoms with Crippen LogP contribution in [0.2, 0.25) is 0 Å². The zero-order valence-electron chi connectivity index (χ0n) is 15.7. The highest BCUT2D eigenvalue weighted by Crippen LogP contribution is 2.16. The fourth-order valence-corrected chi connectivity index (χ4v) is 2.60. The van der Waals surface area contributed by atoms with E-state index in [1.54, 1.807) is 0 Å². The van der Waals surface area contributed by atoms with E-state index >= 15 is 0 Å². The van der Waals surface area contributed by atoms with Crippen LogP contribution < -0.4 is 0 Å². The topological polar surface area (TPSA) is 52.6 Å². The summed E-state index contributed by atoms with van der Waals surface area (Å²) in [5.41, 5.74) is 1.77. The van der Waals surface area contributed by atoms with Crippen molar-refractivity contribution >= 4 is 11.9 Å². The van der Waals surface area contributed by atoms with Crippen molar-refractivity contribution in [1.82, 2.24) is 0 Å². The second-order valence-corrected chi connectivity index (χ2v) is 6.24. The van der Waals surface area contributed by atoms with E-state index in [1.165, 1.54) is 0 Å². The molecule has 142 valence electrons. The summed E-state index contributed by atoms with van der Waals surface area (Å²) in [5.74, 6) is -1.96. The van der Waals surface area contributed by atoms with Crippen molar-refractivity contribution in [2.24, 2.45) is 5.92 Å². The normalized spacial score (nSPS) is 10.9. The maximum atomic E-state index is 12.5. The summed E-state index contributed by atoms with van der Waals surface area (Å²) in [4.78, 5) is 25.0. The van der Waals surface area contributed by atoms with Crippen molar-refractivity contribution in [1.29, 1.82) is 0 Å². The molecule has 0 aliphatic rings. The maximum absolute atomic E-state index is 12.5. The van der Waals surface area contributed by atoms with E-state index < -0.39 is 17.9 Å². The first-order valence-corrected chi connectivity index (χ1v) is 9.23. The second kappa shape index (κ2) is 11.7. The Balaban J connectivity index is 1.93. The Kier molecular flexibility index (Phi) is 8.84. The van der Waals surface area contributed by atoms with E-state index in [0.29, 0.717) is 6.42 Å². The van der Waals surface area contributed by atoms with Crippen LogP contribution in [0.15, 0.2) is 72.8 Å². The average molecular weight is 366 g/mol. The molecule has 0 fully saturated rings.